The van der Waals surface area contributed by atoms with E-state index >= 15 is 0 Å². The maximum absolute atomic E-state index is 3.14. The van der Waals surface area contributed by atoms with Crippen LogP contribution < -0.4 is 0 Å². The fourth-order valence-electron chi connectivity index (χ4n) is 1.86. The summed E-state index contributed by atoms with van der Waals surface area (Å²) in [4.78, 5) is 0. The Bertz CT molecular complexity index is 713. The van der Waals surface area contributed by atoms with Gasteiger partial charge in [-0.05, 0) is 0 Å². The standard InChI is InChI=1S/3C8H7.3W/c3*1-7-3-5-8(2)6-4-7;;;/h3*3-6H,1H3;;;/q3*-1;;;. The van der Waals surface area contributed by atoms with E-state index in [9.17, 15) is 0 Å². The van der Waals surface area contributed by atoms with Crippen molar-refractivity contribution in [3.63, 3.8) is 0 Å². The summed E-state index contributed by atoms with van der Waals surface area (Å²) >= 11 is 4.15. The maximum atomic E-state index is 3.14. The molecule has 0 spiro atoms. The van der Waals surface area contributed by atoms with Crippen LogP contribution >= 0.6 is 0 Å². The van der Waals surface area contributed by atoms with Crippen LogP contribution in [0.3, 0.4) is 0 Å². The van der Waals surface area contributed by atoms with Crippen LogP contribution in [0.5, 0.6) is 0 Å². The van der Waals surface area contributed by atoms with Gasteiger partial charge in [0.05, 0.1) is 0 Å². The number of hydrogen-bond acceptors (Lipinski definition) is 0. The SMILES string of the molecule is Cc1ccc([C-]=[W])cc1.Cc1ccc([C-]=[W])cc1.Cc1ccc([C-]=[W])cc1. The molecule has 0 unspecified atom stereocenters. The summed E-state index contributed by atoms with van der Waals surface area (Å²) in [5, 5.41) is 0. The molecule has 0 aliphatic heterocycles. The van der Waals surface area contributed by atoms with E-state index in [2.05, 4.69) is 107 Å². The Hall–Kier alpha value is -0.665. The molecular formula is C24H21W3-3. The zero-order valence-electron chi connectivity index (χ0n) is 15.7. The molecule has 0 atom stereocenters. The van der Waals surface area contributed by atoms with Gasteiger partial charge in [-0.1, -0.05) is 0 Å². The van der Waals surface area contributed by atoms with Gasteiger partial charge in [-0.25, -0.2) is 0 Å². The average molecular weight is 861 g/mol. The van der Waals surface area contributed by atoms with Crippen molar-refractivity contribution in [3.8, 4) is 0 Å². The van der Waals surface area contributed by atoms with Crippen LogP contribution in [0.4, 0.5) is 0 Å². The first kappa shape index (κ1) is 24.4. The molecule has 0 radical (unpaired) electrons. The molecule has 3 aromatic rings. The van der Waals surface area contributed by atoms with E-state index in [4.69, 9.17) is 0 Å². The van der Waals surface area contributed by atoms with Crippen LogP contribution in [0, 0.1) is 20.8 Å². The molecule has 0 nitrogen and oxygen atoms in total. The van der Waals surface area contributed by atoms with E-state index in [0.29, 0.717) is 0 Å². The summed E-state index contributed by atoms with van der Waals surface area (Å²) in [5.41, 5.74) is 7.54. The second kappa shape index (κ2) is 14.3. The molecule has 138 valence electrons. The first-order valence-electron chi connectivity index (χ1n) is 8.33. The summed E-state index contributed by atoms with van der Waals surface area (Å²) in [6.45, 7) is 6.27. The molecule has 0 saturated heterocycles. The summed E-state index contributed by atoms with van der Waals surface area (Å²) in [5.74, 6) is 0. The summed E-state index contributed by atoms with van der Waals surface area (Å²) in [7, 11) is 0. The van der Waals surface area contributed by atoms with E-state index < -0.39 is 0 Å². The Balaban J connectivity index is 0.000000202. The normalized spacial score (nSPS) is 9.00. The van der Waals surface area contributed by atoms with Crippen molar-refractivity contribution in [2.24, 2.45) is 0 Å². The van der Waals surface area contributed by atoms with Crippen LogP contribution in [0.25, 0.3) is 0 Å². The second-order valence-electron chi connectivity index (χ2n) is 5.90. The van der Waals surface area contributed by atoms with Crippen molar-refractivity contribution in [3.05, 3.63) is 106 Å². The molecule has 27 heavy (non-hydrogen) atoms. The van der Waals surface area contributed by atoms with Gasteiger partial charge in [0.1, 0.15) is 0 Å². The number of aryl methyl sites for hydroxylation is 3. The Labute approximate surface area is 196 Å². The topological polar surface area (TPSA) is 0 Å². The molecule has 0 N–H and O–H groups in total. The summed E-state index contributed by atoms with van der Waals surface area (Å²) in [6, 6.07) is 25.1. The van der Waals surface area contributed by atoms with Gasteiger partial charge in [-0.3, -0.25) is 0 Å². The van der Waals surface area contributed by atoms with Crippen molar-refractivity contribution in [1.82, 2.24) is 0 Å². The van der Waals surface area contributed by atoms with Crippen LogP contribution in [-0.4, -0.2) is 13.2 Å². The monoisotopic (exact) mass is 861 g/mol. The van der Waals surface area contributed by atoms with E-state index in [1.165, 1.54) is 91.4 Å². The van der Waals surface area contributed by atoms with Crippen LogP contribution in [0.1, 0.15) is 33.4 Å². The molecule has 0 fully saturated rings. The van der Waals surface area contributed by atoms with Crippen molar-refractivity contribution in [2.45, 2.75) is 20.8 Å². The van der Waals surface area contributed by atoms with Crippen molar-refractivity contribution in [2.75, 3.05) is 0 Å². The third-order valence-electron chi connectivity index (χ3n) is 3.51. The molecule has 0 aliphatic rings. The van der Waals surface area contributed by atoms with Crippen LogP contribution in [-0.2, 0) is 58.1 Å². The Kier molecular flexibility index (Phi) is 13.0. The molecule has 0 amide bonds. The predicted octanol–water partition coefficient (Wildman–Crippen LogP) is 4.71. The fourth-order valence-corrected chi connectivity index (χ4v) is 3.33. The van der Waals surface area contributed by atoms with Gasteiger partial charge in [0.2, 0.25) is 0 Å². The first-order chi connectivity index (χ1) is 13.0. The number of rotatable bonds is 3. The van der Waals surface area contributed by atoms with Gasteiger partial charge in [0.15, 0.2) is 0 Å². The molecule has 0 bridgehead atoms. The van der Waals surface area contributed by atoms with Gasteiger partial charge in [0, 0.05) is 0 Å². The van der Waals surface area contributed by atoms with Gasteiger partial charge in [0.25, 0.3) is 0 Å². The van der Waals surface area contributed by atoms with Crippen LogP contribution in [0.15, 0.2) is 72.8 Å². The minimum atomic E-state index is 1.20. The van der Waals surface area contributed by atoms with Gasteiger partial charge < -0.3 is 0 Å². The van der Waals surface area contributed by atoms with E-state index in [0.717, 1.165) is 0 Å². The van der Waals surface area contributed by atoms with Crippen LogP contribution in [0.2, 0.25) is 0 Å². The molecule has 0 heterocycles. The predicted molar refractivity (Wildman–Crippen MR) is 106 cm³/mol. The number of benzene rings is 3. The van der Waals surface area contributed by atoms with E-state index in [1.54, 1.807) is 0 Å². The molecule has 0 aliphatic carbocycles. The Morgan fingerprint density at radius 1 is 0.407 bits per heavy atom. The van der Waals surface area contributed by atoms with Crippen molar-refractivity contribution < 1.29 is 58.1 Å². The van der Waals surface area contributed by atoms with Crippen molar-refractivity contribution in [1.29, 1.82) is 0 Å². The Morgan fingerprint density at radius 2 is 0.593 bits per heavy atom. The van der Waals surface area contributed by atoms with Gasteiger partial charge >= 0.3 is 198 Å². The van der Waals surface area contributed by atoms with Gasteiger partial charge in [-0.15, -0.1) is 0 Å². The van der Waals surface area contributed by atoms with Gasteiger partial charge in [-0.2, -0.15) is 0 Å². The van der Waals surface area contributed by atoms with E-state index in [-0.39, 0.29) is 0 Å². The Morgan fingerprint density at radius 3 is 0.741 bits per heavy atom. The quantitative estimate of drug-likeness (QED) is 0.336. The molecule has 3 rings (SSSR count). The minimum absolute atomic E-state index is 1.20. The summed E-state index contributed by atoms with van der Waals surface area (Å²) in [6.07, 6.45) is 0. The molecule has 0 saturated carbocycles. The molecule has 3 heteroatoms. The zero-order valence-corrected chi connectivity index (χ0v) is 24.5. The number of hydrogen-bond donors (Lipinski definition) is 0. The molecule has 3 aromatic carbocycles. The fraction of sp³-hybridized carbons (Fsp3) is 0.125. The molecule has 0 aromatic heterocycles. The van der Waals surface area contributed by atoms with E-state index in [1.807, 2.05) is 0 Å². The first-order valence-corrected chi connectivity index (χ1v) is 12.7. The second-order valence-corrected chi connectivity index (χ2v) is 8.10. The molecular weight excluding hydrogens is 840 g/mol. The summed E-state index contributed by atoms with van der Waals surface area (Å²) < 4.78 is 9.41. The third kappa shape index (κ3) is 11.0. The van der Waals surface area contributed by atoms with Crippen molar-refractivity contribution >= 4 is 13.2 Å². The third-order valence-corrected chi connectivity index (χ3v) is 6.05. The average Bonchev–Trinajstić information content (AvgIpc) is 2.71. The zero-order chi connectivity index (χ0) is 20.1.